The molecule has 1 saturated carbocycles. The molecule has 1 N–H and O–H groups in total. The van der Waals surface area contributed by atoms with E-state index in [-0.39, 0.29) is 11.6 Å². The topological polar surface area (TPSA) is 21.3 Å². The van der Waals surface area contributed by atoms with E-state index in [4.69, 9.17) is 4.74 Å². The zero-order valence-corrected chi connectivity index (χ0v) is 13.7. The number of ether oxygens (including phenoxy) is 1. The van der Waals surface area contributed by atoms with E-state index < -0.39 is 0 Å². The fourth-order valence-electron chi connectivity index (χ4n) is 3.06. The summed E-state index contributed by atoms with van der Waals surface area (Å²) < 4.78 is 7.18. The normalized spacial score (nSPS) is 30.3. The summed E-state index contributed by atoms with van der Waals surface area (Å²) in [4.78, 5) is 0. The molecule has 0 amide bonds. The first-order chi connectivity index (χ1) is 8.63. The monoisotopic (exact) mass is 331 g/mol. The number of thiophene rings is 1. The van der Waals surface area contributed by atoms with Crippen LogP contribution in [0.15, 0.2) is 15.2 Å². The Kier molecular flexibility index (Phi) is 4.86. The van der Waals surface area contributed by atoms with Crippen LogP contribution >= 0.6 is 27.3 Å². The molecule has 102 valence electrons. The first-order valence-electron chi connectivity index (χ1n) is 6.57. The van der Waals surface area contributed by atoms with Gasteiger partial charge in [-0.2, -0.15) is 11.3 Å². The summed E-state index contributed by atoms with van der Waals surface area (Å²) in [5, 5.41) is 7.85. The third-order valence-corrected chi connectivity index (χ3v) is 6.05. The zero-order valence-electron chi connectivity index (χ0n) is 11.3. The molecular weight excluding hydrogens is 310 g/mol. The van der Waals surface area contributed by atoms with Gasteiger partial charge in [0.2, 0.25) is 0 Å². The summed E-state index contributed by atoms with van der Waals surface area (Å²) in [6.45, 7) is 2.34. The quantitative estimate of drug-likeness (QED) is 0.884. The summed E-state index contributed by atoms with van der Waals surface area (Å²) in [6, 6.07) is 0.274. The summed E-state index contributed by atoms with van der Waals surface area (Å²) in [7, 11) is 3.90. The lowest BCUT2D eigenvalue weighted by Gasteiger charge is -2.44. The lowest BCUT2D eigenvalue weighted by Crippen LogP contribution is -2.46. The molecule has 18 heavy (non-hydrogen) atoms. The Morgan fingerprint density at radius 2 is 2.11 bits per heavy atom. The largest absolute Gasteiger partial charge is 0.376 e. The van der Waals surface area contributed by atoms with Gasteiger partial charge in [-0.05, 0) is 65.5 Å². The Morgan fingerprint density at radius 3 is 2.56 bits per heavy atom. The average molecular weight is 332 g/mol. The predicted molar refractivity (Wildman–Crippen MR) is 81.2 cm³/mol. The first kappa shape index (κ1) is 14.5. The predicted octanol–water partition coefficient (Wildman–Crippen LogP) is 4.37. The van der Waals surface area contributed by atoms with Crippen LogP contribution in [0.25, 0.3) is 0 Å². The molecule has 4 heteroatoms. The van der Waals surface area contributed by atoms with Gasteiger partial charge in [-0.3, -0.25) is 0 Å². The maximum Gasteiger partial charge on any atom is 0.0873 e. The number of rotatable bonds is 4. The van der Waals surface area contributed by atoms with E-state index in [1.165, 1.54) is 22.9 Å². The molecule has 0 saturated heterocycles. The number of hydrogen-bond donors (Lipinski definition) is 1. The molecule has 0 aromatic carbocycles. The van der Waals surface area contributed by atoms with Gasteiger partial charge >= 0.3 is 0 Å². The second kappa shape index (κ2) is 6.04. The maximum absolute atomic E-state index is 5.98. The van der Waals surface area contributed by atoms with E-state index in [1.807, 2.05) is 14.2 Å². The first-order valence-corrected chi connectivity index (χ1v) is 8.30. The molecule has 1 fully saturated rings. The minimum absolute atomic E-state index is 0.0507. The number of methoxy groups -OCH3 is 1. The van der Waals surface area contributed by atoms with Crippen LogP contribution in [0.3, 0.4) is 0 Å². The van der Waals surface area contributed by atoms with E-state index in [9.17, 15) is 0 Å². The van der Waals surface area contributed by atoms with E-state index in [0.717, 1.165) is 18.8 Å². The number of likely N-dealkylation sites (N-methyl/N-ethyl adjacent to an activating group) is 1. The fourth-order valence-corrected chi connectivity index (χ4v) is 4.61. The van der Waals surface area contributed by atoms with Crippen molar-refractivity contribution in [3.05, 3.63) is 20.8 Å². The Labute approximate surface area is 122 Å². The second-order valence-electron chi connectivity index (χ2n) is 5.35. The molecule has 1 aliphatic rings. The highest BCUT2D eigenvalue weighted by atomic mass is 79.9. The van der Waals surface area contributed by atoms with Crippen LogP contribution in [0.1, 0.15) is 44.2 Å². The van der Waals surface area contributed by atoms with Gasteiger partial charge in [0.1, 0.15) is 0 Å². The van der Waals surface area contributed by atoms with Crippen LogP contribution in [0.4, 0.5) is 0 Å². The molecule has 2 nitrogen and oxygen atoms in total. The summed E-state index contributed by atoms with van der Waals surface area (Å²) in [5.74, 6) is 0.830. The molecule has 0 aliphatic heterocycles. The summed E-state index contributed by atoms with van der Waals surface area (Å²) in [6.07, 6.45) is 4.79. The van der Waals surface area contributed by atoms with Crippen molar-refractivity contribution in [1.29, 1.82) is 0 Å². The number of nitrogens with one attached hydrogen (secondary N) is 1. The summed E-state index contributed by atoms with van der Waals surface area (Å²) in [5.41, 5.74) is 1.28. The van der Waals surface area contributed by atoms with Gasteiger partial charge in [0.25, 0.3) is 0 Å². The van der Waals surface area contributed by atoms with Crippen molar-refractivity contribution in [2.75, 3.05) is 14.2 Å². The Bertz CT molecular complexity index is 385. The highest BCUT2D eigenvalue weighted by molar-refractivity contribution is 9.10. The lowest BCUT2D eigenvalue weighted by atomic mass is 9.74. The van der Waals surface area contributed by atoms with Gasteiger partial charge in [0.15, 0.2) is 0 Å². The van der Waals surface area contributed by atoms with Crippen molar-refractivity contribution in [3.8, 4) is 0 Å². The van der Waals surface area contributed by atoms with Crippen LogP contribution in [0.2, 0.25) is 0 Å². The third kappa shape index (κ3) is 2.67. The molecule has 0 bridgehead atoms. The molecule has 0 radical (unpaired) electrons. The average Bonchev–Trinajstić information content (AvgIpc) is 2.79. The Morgan fingerprint density at radius 1 is 1.44 bits per heavy atom. The van der Waals surface area contributed by atoms with Crippen LogP contribution in [-0.2, 0) is 4.74 Å². The van der Waals surface area contributed by atoms with Crippen molar-refractivity contribution in [1.82, 2.24) is 5.32 Å². The number of halogens is 1. The Hall–Kier alpha value is 0.1000. The maximum atomic E-state index is 5.98. The van der Waals surface area contributed by atoms with E-state index in [0.29, 0.717) is 0 Å². The fraction of sp³-hybridized carbons (Fsp3) is 0.714. The number of hydrogen-bond acceptors (Lipinski definition) is 3. The van der Waals surface area contributed by atoms with Crippen LogP contribution in [0.5, 0.6) is 0 Å². The molecule has 1 aromatic heterocycles. The van der Waals surface area contributed by atoms with Crippen molar-refractivity contribution in [3.63, 3.8) is 0 Å². The van der Waals surface area contributed by atoms with E-state index >= 15 is 0 Å². The van der Waals surface area contributed by atoms with Crippen LogP contribution in [-0.4, -0.2) is 19.8 Å². The lowest BCUT2D eigenvalue weighted by molar-refractivity contribution is -0.0745. The minimum atomic E-state index is -0.0507. The van der Waals surface area contributed by atoms with Gasteiger partial charge in [0, 0.05) is 17.0 Å². The standard InChI is InChI=1S/C14H22BrNOS/c1-10-4-6-14(17-3,7-5-10)13(16-2)11-8-18-9-12(11)15/h8-10,13,16H,4-7H2,1-3H3. The van der Waals surface area contributed by atoms with Gasteiger partial charge in [0.05, 0.1) is 11.6 Å². The van der Waals surface area contributed by atoms with E-state index in [2.05, 4.69) is 38.9 Å². The molecule has 1 atom stereocenters. The molecule has 1 aliphatic carbocycles. The molecule has 1 aromatic rings. The minimum Gasteiger partial charge on any atom is -0.376 e. The molecule has 2 rings (SSSR count). The van der Waals surface area contributed by atoms with Gasteiger partial charge in [-0.25, -0.2) is 0 Å². The van der Waals surface area contributed by atoms with E-state index in [1.54, 1.807) is 11.3 Å². The zero-order chi connectivity index (χ0) is 13.2. The molecule has 1 heterocycles. The summed E-state index contributed by atoms with van der Waals surface area (Å²) >= 11 is 5.40. The van der Waals surface area contributed by atoms with Crippen molar-refractivity contribution in [2.45, 2.75) is 44.2 Å². The molecule has 0 spiro atoms. The van der Waals surface area contributed by atoms with Crippen molar-refractivity contribution < 1.29 is 4.74 Å². The van der Waals surface area contributed by atoms with Crippen molar-refractivity contribution in [2.24, 2.45) is 5.92 Å². The highest BCUT2D eigenvalue weighted by Crippen LogP contribution is 2.44. The van der Waals surface area contributed by atoms with Crippen LogP contribution in [0, 0.1) is 5.92 Å². The molecule has 1 unspecified atom stereocenters. The SMILES string of the molecule is CNC(c1cscc1Br)C1(OC)CCC(C)CC1. The Balaban J connectivity index is 2.27. The van der Waals surface area contributed by atoms with Crippen LogP contribution < -0.4 is 5.32 Å². The second-order valence-corrected chi connectivity index (χ2v) is 6.95. The third-order valence-electron chi connectivity index (χ3n) is 4.30. The molecular formula is C14H22BrNOS. The smallest absolute Gasteiger partial charge is 0.0873 e. The van der Waals surface area contributed by atoms with Gasteiger partial charge < -0.3 is 10.1 Å². The highest BCUT2D eigenvalue weighted by Gasteiger charge is 2.42. The van der Waals surface area contributed by atoms with Gasteiger partial charge in [-0.15, -0.1) is 0 Å². The van der Waals surface area contributed by atoms with Gasteiger partial charge in [-0.1, -0.05) is 6.92 Å². The van der Waals surface area contributed by atoms with Crippen molar-refractivity contribution >= 4 is 27.3 Å².